The molecule has 2 aromatic rings. The number of hydrogen-bond acceptors (Lipinski definition) is 3. The van der Waals surface area contributed by atoms with Crippen molar-refractivity contribution in [1.82, 2.24) is 4.98 Å². The second-order valence-electron chi connectivity index (χ2n) is 3.61. The van der Waals surface area contributed by atoms with Gasteiger partial charge in [-0.05, 0) is 24.3 Å². The van der Waals surface area contributed by atoms with Gasteiger partial charge < -0.3 is 9.84 Å². The molecule has 0 aliphatic rings. The van der Waals surface area contributed by atoms with E-state index in [0.29, 0.717) is 21.9 Å². The molecule has 0 spiro atoms. The second-order valence-corrected chi connectivity index (χ2v) is 4.05. The van der Waals surface area contributed by atoms with Crippen molar-refractivity contribution in [3.63, 3.8) is 0 Å². The smallest absolute Gasteiger partial charge is 0.337 e. The molecule has 0 fully saturated rings. The number of benzene rings is 1. The van der Waals surface area contributed by atoms with Gasteiger partial charge in [0, 0.05) is 28.5 Å². The van der Waals surface area contributed by atoms with Crippen molar-refractivity contribution in [2.24, 2.45) is 0 Å². The number of aromatic carboxylic acids is 1. The van der Waals surface area contributed by atoms with Crippen molar-refractivity contribution >= 4 is 17.6 Å². The highest BCUT2D eigenvalue weighted by molar-refractivity contribution is 6.31. The molecule has 0 amide bonds. The standard InChI is InChI=1S/C13H10ClNO3/c1-18-12-3-2-10(14)5-11(12)8-4-9(13(16)17)7-15-6-8/h2-7H,1H3,(H,16,17). The zero-order chi connectivity index (χ0) is 13.1. The maximum atomic E-state index is 10.9. The van der Waals surface area contributed by atoms with E-state index >= 15 is 0 Å². The number of ether oxygens (including phenoxy) is 1. The van der Waals surface area contributed by atoms with E-state index in [1.807, 2.05) is 0 Å². The molecule has 5 heteroatoms. The topological polar surface area (TPSA) is 59.4 Å². The number of aromatic nitrogens is 1. The van der Waals surface area contributed by atoms with E-state index in [2.05, 4.69) is 4.98 Å². The highest BCUT2D eigenvalue weighted by Crippen LogP contribution is 2.32. The van der Waals surface area contributed by atoms with Gasteiger partial charge in [-0.1, -0.05) is 11.6 Å². The number of halogens is 1. The lowest BCUT2D eigenvalue weighted by molar-refractivity contribution is 0.0696. The van der Waals surface area contributed by atoms with Gasteiger partial charge in [0.2, 0.25) is 0 Å². The van der Waals surface area contributed by atoms with Gasteiger partial charge in [-0.25, -0.2) is 4.79 Å². The molecular weight excluding hydrogens is 254 g/mol. The molecule has 1 aromatic carbocycles. The Morgan fingerprint density at radius 2 is 2.11 bits per heavy atom. The first kappa shape index (κ1) is 12.4. The fraction of sp³-hybridized carbons (Fsp3) is 0.0769. The maximum Gasteiger partial charge on any atom is 0.337 e. The Balaban J connectivity index is 2.57. The summed E-state index contributed by atoms with van der Waals surface area (Å²) in [7, 11) is 1.54. The van der Waals surface area contributed by atoms with E-state index < -0.39 is 5.97 Å². The van der Waals surface area contributed by atoms with E-state index in [4.69, 9.17) is 21.4 Å². The lowest BCUT2D eigenvalue weighted by atomic mass is 10.0. The summed E-state index contributed by atoms with van der Waals surface area (Å²) in [6.07, 6.45) is 2.86. The molecule has 18 heavy (non-hydrogen) atoms. The Hall–Kier alpha value is -2.07. The number of rotatable bonds is 3. The van der Waals surface area contributed by atoms with E-state index in [1.165, 1.54) is 12.3 Å². The van der Waals surface area contributed by atoms with Gasteiger partial charge in [0.1, 0.15) is 5.75 Å². The molecule has 0 radical (unpaired) electrons. The average molecular weight is 264 g/mol. The van der Waals surface area contributed by atoms with E-state index in [-0.39, 0.29) is 5.56 Å². The predicted octanol–water partition coefficient (Wildman–Crippen LogP) is 3.11. The number of carboxylic acid groups (broad SMARTS) is 1. The highest BCUT2D eigenvalue weighted by Gasteiger charge is 2.10. The minimum absolute atomic E-state index is 0.120. The minimum atomic E-state index is -1.02. The van der Waals surface area contributed by atoms with Gasteiger partial charge in [0.05, 0.1) is 12.7 Å². The fourth-order valence-electron chi connectivity index (χ4n) is 1.61. The third-order valence-corrected chi connectivity index (χ3v) is 2.69. The SMILES string of the molecule is COc1ccc(Cl)cc1-c1cncc(C(=O)O)c1. The predicted molar refractivity (Wildman–Crippen MR) is 68.2 cm³/mol. The van der Waals surface area contributed by atoms with Crippen LogP contribution in [0.1, 0.15) is 10.4 Å². The van der Waals surface area contributed by atoms with Crippen molar-refractivity contribution in [3.8, 4) is 16.9 Å². The number of methoxy groups -OCH3 is 1. The molecular formula is C13H10ClNO3. The largest absolute Gasteiger partial charge is 0.496 e. The Bertz CT molecular complexity index is 599. The summed E-state index contributed by atoms with van der Waals surface area (Å²) in [6.45, 7) is 0. The van der Waals surface area contributed by atoms with Gasteiger partial charge in [0.25, 0.3) is 0 Å². The van der Waals surface area contributed by atoms with E-state index in [0.717, 1.165) is 0 Å². The van der Waals surface area contributed by atoms with Crippen LogP contribution in [0.2, 0.25) is 5.02 Å². The van der Waals surface area contributed by atoms with Crippen LogP contribution >= 0.6 is 11.6 Å². The highest BCUT2D eigenvalue weighted by atomic mass is 35.5. The molecule has 0 saturated carbocycles. The van der Waals surface area contributed by atoms with Gasteiger partial charge in [-0.2, -0.15) is 0 Å². The average Bonchev–Trinajstić information content (AvgIpc) is 2.39. The van der Waals surface area contributed by atoms with Crippen LogP contribution in [0.4, 0.5) is 0 Å². The van der Waals surface area contributed by atoms with E-state index in [9.17, 15) is 4.79 Å². The van der Waals surface area contributed by atoms with Crippen molar-refractivity contribution < 1.29 is 14.6 Å². The summed E-state index contributed by atoms with van der Waals surface area (Å²) < 4.78 is 5.22. The molecule has 0 aliphatic heterocycles. The van der Waals surface area contributed by atoms with Crippen LogP contribution in [0, 0.1) is 0 Å². The molecule has 0 aliphatic carbocycles. The fourth-order valence-corrected chi connectivity index (χ4v) is 1.78. The van der Waals surface area contributed by atoms with Crippen LogP contribution in [0.25, 0.3) is 11.1 Å². The first-order valence-corrected chi connectivity index (χ1v) is 5.52. The summed E-state index contributed by atoms with van der Waals surface area (Å²) in [5.41, 5.74) is 1.48. The summed E-state index contributed by atoms with van der Waals surface area (Å²) in [5.74, 6) is -0.408. The first-order valence-electron chi connectivity index (χ1n) is 5.14. The summed E-state index contributed by atoms with van der Waals surface area (Å²) >= 11 is 5.93. The molecule has 1 heterocycles. The van der Waals surface area contributed by atoms with Crippen LogP contribution < -0.4 is 4.74 Å². The molecule has 0 atom stereocenters. The molecule has 1 aromatic heterocycles. The Labute approximate surface area is 109 Å². The molecule has 0 unspecified atom stereocenters. The van der Waals surface area contributed by atoms with Crippen LogP contribution in [0.15, 0.2) is 36.7 Å². The lowest BCUT2D eigenvalue weighted by Crippen LogP contribution is -1.97. The quantitative estimate of drug-likeness (QED) is 0.924. The van der Waals surface area contributed by atoms with Crippen LogP contribution in [0.3, 0.4) is 0 Å². The Morgan fingerprint density at radius 3 is 2.78 bits per heavy atom. The number of nitrogens with zero attached hydrogens (tertiary/aromatic N) is 1. The molecule has 0 saturated heterocycles. The Morgan fingerprint density at radius 1 is 1.33 bits per heavy atom. The van der Waals surface area contributed by atoms with E-state index in [1.54, 1.807) is 31.5 Å². The number of carbonyl (C=O) groups is 1. The summed E-state index contributed by atoms with van der Waals surface area (Å²) in [6, 6.07) is 6.68. The Kier molecular flexibility index (Phi) is 3.48. The molecule has 2 rings (SSSR count). The molecule has 0 bridgehead atoms. The summed E-state index contributed by atoms with van der Waals surface area (Å²) in [5, 5.41) is 9.49. The van der Waals surface area contributed by atoms with Gasteiger partial charge >= 0.3 is 5.97 Å². The third kappa shape index (κ3) is 2.43. The summed E-state index contributed by atoms with van der Waals surface area (Å²) in [4.78, 5) is 14.8. The normalized spacial score (nSPS) is 10.1. The second kappa shape index (κ2) is 5.06. The lowest BCUT2D eigenvalue weighted by Gasteiger charge is -2.09. The van der Waals surface area contributed by atoms with Crippen LogP contribution in [-0.2, 0) is 0 Å². The number of pyridine rings is 1. The van der Waals surface area contributed by atoms with Crippen molar-refractivity contribution in [2.75, 3.05) is 7.11 Å². The zero-order valence-corrected chi connectivity index (χ0v) is 10.3. The van der Waals surface area contributed by atoms with Crippen molar-refractivity contribution in [3.05, 3.63) is 47.2 Å². The molecule has 1 N–H and O–H groups in total. The van der Waals surface area contributed by atoms with Crippen molar-refractivity contribution in [2.45, 2.75) is 0 Å². The number of hydrogen-bond donors (Lipinski definition) is 1. The first-order chi connectivity index (χ1) is 8.61. The molecule has 4 nitrogen and oxygen atoms in total. The molecule has 92 valence electrons. The zero-order valence-electron chi connectivity index (χ0n) is 9.55. The monoisotopic (exact) mass is 263 g/mol. The number of carboxylic acids is 1. The third-order valence-electron chi connectivity index (χ3n) is 2.46. The minimum Gasteiger partial charge on any atom is -0.496 e. The van der Waals surface area contributed by atoms with Crippen LogP contribution in [-0.4, -0.2) is 23.2 Å². The van der Waals surface area contributed by atoms with Crippen molar-refractivity contribution in [1.29, 1.82) is 0 Å². The van der Waals surface area contributed by atoms with Crippen LogP contribution in [0.5, 0.6) is 5.75 Å². The van der Waals surface area contributed by atoms with Gasteiger partial charge in [-0.15, -0.1) is 0 Å². The van der Waals surface area contributed by atoms with Gasteiger partial charge in [0.15, 0.2) is 0 Å². The maximum absolute atomic E-state index is 10.9. The van der Waals surface area contributed by atoms with Gasteiger partial charge in [-0.3, -0.25) is 4.98 Å².